The molecule has 1 saturated heterocycles. The van der Waals surface area contributed by atoms with Crippen LogP contribution in [0.1, 0.15) is 13.8 Å². The van der Waals surface area contributed by atoms with Crippen LogP contribution in [-0.4, -0.2) is 49.3 Å². The van der Waals surface area contributed by atoms with Gasteiger partial charge in [-0.15, -0.1) is 10.2 Å². The van der Waals surface area contributed by atoms with Crippen molar-refractivity contribution in [1.82, 2.24) is 15.5 Å². The minimum atomic E-state index is -0.297. The maximum Gasteiger partial charge on any atom is 0.235 e. The molecule has 0 aromatic carbocycles. The number of nitrogens with zero attached hydrogens (tertiary/aromatic N) is 3. The van der Waals surface area contributed by atoms with E-state index in [4.69, 9.17) is 9.47 Å². The Morgan fingerprint density at radius 1 is 1.33 bits per heavy atom. The lowest BCUT2D eigenvalue weighted by Crippen LogP contribution is -2.43. The monoisotopic (exact) mass is 252 g/mol. The van der Waals surface area contributed by atoms with Crippen LogP contribution < -0.4 is 15.0 Å². The smallest absolute Gasteiger partial charge is 0.235 e. The van der Waals surface area contributed by atoms with E-state index in [0.717, 1.165) is 32.0 Å². The van der Waals surface area contributed by atoms with Gasteiger partial charge in [0.15, 0.2) is 12.1 Å². The Morgan fingerprint density at radius 3 is 2.72 bits per heavy atom. The van der Waals surface area contributed by atoms with Crippen molar-refractivity contribution in [2.45, 2.75) is 20.1 Å². The van der Waals surface area contributed by atoms with Gasteiger partial charge in [-0.1, -0.05) is 0 Å². The van der Waals surface area contributed by atoms with Crippen molar-refractivity contribution in [3.8, 4) is 5.88 Å². The number of hydrogen-bond acceptors (Lipinski definition) is 6. The summed E-state index contributed by atoms with van der Waals surface area (Å²) in [6.45, 7) is 8.29. The molecule has 6 heteroatoms. The predicted molar refractivity (Wildman–Crippen MR) is 68.8 cm³/mol. The molecule has 2 heterocycles. The molecule has 0 bridgehead atoms. The number of aromatic nitrogens is 2. The van der Waals surface area contributed by atoms with E-state index >= 15 is 0 Å². The van der Waals surface area contributed by atoms with Gasteiger partial charge in [-0.05, 0) is 19.9 Å². The molecule has 1 atom stereocenters. The molecule has 6 nitrogen and oxygen atoms in total. The highest BCUT2D eigenvalue weighted by Crippen LogP contribution is 2.14. The molecule has 1 fully saturated rings. The fourth-order valence-electron chi connectivity index (χ4n) is 1.88. The average Bonchev–Trinajstić information content (AvgIpc) is 2.41. The van der Waals surface area contributed by atoms with E-state index in [1.807, 2.05) is 26.0 Å². The maximum absolute atomic E-state index is 5.47. The summed E-state index contributed by atoms with van der Waals surface area (Å²) in [7, 11) is 0. The second kappa shape index (κ2) is 6.51. The van der Waals surface area contributed by atoms with Crippen molar-refractivity contribution < 1.29 is 9.47 Å². The van der Waals surface area contributed by atoms with Gasteiger partial charge < -0.3 is 19.7 Å². The zero-order valence-electron chi connectivity index (χ0n) is 10.9. The van der Waals surface area contributed by atoms with Crippen molar-refractivity contribution >= 4 is 5.82 Å². The second-order valence-electron chi connectivity index (χ2n) is 4.11. The maximum atomic E-state index is 5.47. The van der Waals surface area contributed by atoms with Crippen LogP contribution in [0.25, 0.3) is 0 Å². The van der Waals surface area contributed by atoms with E-state index in [9.17, 15) is 0 Å². The van der Waals surface area contributed by atoms with E-state index in [0.29, 0.717) is 12.5 Å². The zero-order valence-corrected chi connectivity index (χ0v) is 10.9. The fourth-order valence-corrected chi connectivity index (χ4v) is 1.88. The Hall–Kier alpha value is -1.40. The molecule has 0 spiro atoms. The first-order chi connectivity index (χ1) is 8.79. The highest BCUT2D eigenvalue weighted by Gasteiger charge is 2.12. The van der Waals surface area contributed by atoms with Gasteiger partial charge >= 0.3 is 0 Å². The largest absolute Gasteiger partial charge is 0.447 e. The summed E-state index contributed by atoms with van der Waals surface area (Å²) in [5, 5.41) is 11.5. The average molecular weight is 252 g/mol. The van der Waals surface area contributed by atoms with Crippen LogP contribution in [0.3, 0.4) is 0 Å². The molecule has 1 unspecified atom stereocenters. The topological polar surface area (TPSA) is 59.5 Å². The standard InChI is InChI=1S/C12H20N4O2/c1-3-17-10(2)18-12-5-4-11(14-15-12)16-8-6-13-7-9-16/h4-5,10,13H,3,6-9H2,1-2H3. The van der Waals surface area contributed by atoms with E-state index in [1.165, 1.54) is 0 Å². The first-order valence-corrected chi connectivity index (χ1v) is 6.37. The first kappa shape index (κ1) is 13.0. The van der Waals surface area contributed by atoms with Crippen molar-refractivity contribution in [3.63, 3.8) is 0 Å². The molecule has 18 heavy (non-hydrogen) atoms. The Labute approximate surface area is 107 Å². The Bertz CT molecular complexity index is 352. The highest BCUT2D eigenvalue weighted by molar-refractivity contribution is 5.38. The van der Waals surface area contributed by atoms with E-state index in [-0.39, 0.29) is 6.29 Å². The molecule has 1 aliphatic heterocycles. The van der Waals surface area contributed by atoms with Crippen molar-refractivity contribution in [1.29, 1.82) is 0 Å². The van der Waals surface area contributed by atoms with Gasteiger partial charge in [0.1, 0.15) is 0 Å². The second-order valence-corrected chi connectivity index (χ2v) is 4.11. The fraction of sp³-hybridized carbons (Fsp3) is 0.667. The van der Waals surface area contributed by atoms with Crippen LogP contribution in [0.5, 0.6) is 5.88 Å². The number of rotatable bonds is 5. The van der Waals surface area contributed by atoms with Gasteiger partial charge in [0.2, 0.25) is 5.88 Å². The summed E-state index contributed by atoms with van der Waals surface area (Å²) in [5.41, 5.74) is 0. The van der Waals surface area contributed by atoms with Crippen molar-refractivity contribution in [2.24, 2.45) is 0 Å². The normalized spacial score (nSPS) is 17.6. The van der Waals surface area contributed by atoms with Crippen LogP contribution in [-0.2, 0) is 4.74 Å². The number of nitrogens with one attached hydrogen (secondary N) is 1. The quantitative estimate of drug-likeness (QED) is 0.776. The number of anilines is 1. The Balaban J connectivity index is 1.92. The predicted octanol–water partition coefficient (Wildman–Crippen LogP) is 0.647. The van der Waals surface area contributed by atoms with Gasteiger partial charge in [-0.3, -0.25) is 0 Å². The van der Waals surface area contributed by atoms with E-state index in [1.54, 1.807) is 0 Å². The lowest BCUT2D eigenvalue weighted by Gasteiger charge is -2.27. The zero-order chi connectivity index (χ0) is 12.8. The van der Waals surface area contributed by atoms with Crippen LogP contribution in [0, 0.1) is 0 Å². The molecule has 2 rings (SSSR count). The Kier molecular flexibility index (Phi) is 4.72. The van der Waals surface area contributed by atoms with Gasteiger partial charge in [-0.25, -0.2) is 0 Å². The van der Waals surface area contributed by atoms with Crippen LogP contribution in [0.15, 0.2) is 12.1 Å². The van der Waals surface area contributed by atoms with Crippen LogP contribution in [0.2, 0.25) is 0 Å². The summed E-state index contributed by atoms with van der Waals surface area (Å²) in [6, 6.07) is 3.77. The first-order valence-electron chi connectivity index (χ1n) is 6.37. The Morgan fingerprint density at radius 2 is 2.11 bits per heavy atom. The SMILES string of the molecule is CCOC(C)Oc1ccc(N2CCNCC2)nn1. The van der Waals surface area contributed by atoms with Gasteiger partial charge in [0, 0.05) is 38.9 Å². The number of piperazine rings is 1. The molecule has 1 aliphatic rings. The molecule has 0 radical (unpaired) electrons. The third-order valence-corrected chi connectivity index (χ3v) is 2.76. The minimum absolute atomic E-state index is 0.297. The summed E-state index contributed by atoms with van der Waals surface area (Å²) in [5.74, 6) is 1.39. The third kappa shape index (κ3) is 3.54. The van der Waals surface area contributed by atoms with Crippen LogP contribution >= 0.6 is 0 Å². The minimum Gasteiger partial charge on any atom is -0.447 e. The molecule has 100 valence electrons. The lowest BCUT2D eigenvalue weighted by atomic mass is 10.3. The van der Waals surface area contributed by atoms with Gasteiger partial charge in [0.05, 0.1) is 0 Å². The molecule has 0 aliphatic carbocycles. The summed E-state index contributed by atoms with van der Waals surface area (Å²) >= 11 is 0. The third-order valence-electron chi connectivity index (χ3n) is 2.76. The molecule has 0 saturated carbocycles. The molecule has 1 N–H and O–H groups in total. The molecule has 0 amide bonds. The van der Waals surface area contributed by atoms with Crippen LogP contribution in [0.4, 0.5) is 5.82 Å². The van der Waals surface area contributed by atoms with E-state index < -0.39 is 0 Å². The molecule has 1 aromatic rings. The van der Waals surface area contributed by atoms with E-state index in [2.05, 4.69) is 20.4 Å². The summed E-state index contributed by atoms with van der Waals surface area (Å²) < 4.78 is 10.8. The van der Waals surface area contributed by atoms with Crippen molar-refractivity contribution in [2.75, 3.05) is 37.7 Å². The molecular weight excluding hydrogens is 232 g/mol. The lowest BCUT2D eigenvalue weighted by molar-refractivity contribution is -0.0641. The number of ether oxygens (including phenoxy) is 2. The molecule has 1 aromatic heterocycles. The summed E-state index contributed by atoms with van der Waals surface area (Å²) in [6.07, 6.45) is -0.297. The van der Waals surface area contributed by atoms with Crippen molar-refractivity contribution in [3.05, 3.63) is 12.1 Å². The van der Waals surface area contributed by atoms with Gasteiger partial charge in [-0.2, -0.15) is 0 Å². The highest BCUT2D eigenvalue weighted by atomic mass is 16.7. The number of hydrogen-bond donors (Lipinski definition) is 1. The molecular formula is C12H20N4O2. The van der Waals surface area contributed by atoms with Gasteiger partial charge in [0.25, 0.3) is 0 Å². The summed E-state index contributed by atoms with van der Waals surface area (Å²) in [4.78, 5) is 2.21.